The average molecular weight is 470 g/mol. The molecule has 35 heavy (non-hydrogen) atoms. The topological polar surface area (TPSA) is 46.2 Å². The first-order valence-electron chi connectivity index (χ1n) is 12.2. The van der Waals surface area contributed by atoms with Crippen LogP contribution >= 0.6 is 0 Å². The highest BCUT2D eigenvalue weighted by Gasteiger charge is 2.52. The van der Waals surface area contributed by atoms with Crippen LogP contribution in [-0.2, 0) is 6.54 Å². The maximum Gasteiger partial charge on any atom is 0.183 e. The first-order valence-corrected chi connectivity index (χ1v) is 12.2. The van der Waals surface area contributed by atoms with Crippen molar-refractivity contribution in [2.45, 2.75) is 31.2 Å². The van der Waals surface area contributed by atoms with E-state index >= 15 is 0 Å². The lowest BCUT2D eigenvalue weighted by atomic mass is 9.92. The summed E-state index contributed by atoms with van der Waals surface area (Å²) in [5.41, 5.74) is 7.95. The first-order chi connectivity index (χ1) is 17.2. The standard InChI is InChI=1S/C29H31N3O3/c1-33-23-13-11-22(12-14-23)25-19-26-24-9-6-10-27(34-2)28(24)35-29(32(26)30-25)15-17-31(18-16-29)20-21-7-4-3-5-8-21/h3-14,19,26,30H,15-18,20H2,1-2H3/t26-/m0/s1. The summed E-state index contributed by atoms with van der Waals surface area (Å²) in [6.07, 6.45) is 4.09. The molecule has 3 aliphatic rings. The number of piperidine rings is 1. The van der Waals surface area contributed by atoms with Gasteiger partial charge in [0.2, 0.25) is 0 Å². The largest absolute Gasteiger partial charge is 0.497 e. The van der Waals surface area contributed by atoms with Gasteiger partial charge in [0.1, 0.15) is 5.75 Å². The highest BCUT2D eigenvalue weighted by Crippen LogP contribution is 2.51. The zero-order chi connectivity index (χ0) is 23.8. The summed E-state index contributed by atoms with van der Waals surface area (Å²) in [5.74, 6) is 2.51. The second-order valence-corrected chi connectivity index (χ2v) is 9.42. The van der Waals surface area contributed by atoms with E-state index in [4.69, 9.17) is 14.2 Å². The molecule has 1 spiro atoms. The van der Waals surface area contributed by atoms with Crippen LogP contribution in [0.25, 0.3) is 5.70 Å². The molecule has 3 heterocycles. The van der Waals surface area contributed by atoms with E-state index in [0.29, 0.717) is 0 Å². The lowest BCUT2D eigenvalue weighted by Gasteiger charge is -2.52. The van der Waals surface area contributed by atoms with Crippen LogP contribution < -0.4 is 19.6 Å². The van der Waals surface area contributed by atoms with Crippen molar-refractivity contribution < 1.29 is 14.2 Å². The number of methoxy groups -OCH3 is 2. The van der Waals surface area contributed by atoms with Gasteiger partial charge in [-0.25, -0.2) is 0 Å². The summed E-state index contributed by atoms with van der Waals surface area (Å²) in [6, 6.07) is 25.1. The van der Waals surface area contributed by atoms with Crippen LogP contribution in [0.2, 0.25) is 0 Å². The number of fused-ring (bicyclic) bond motifs is 4. The molecule has 0 aromatic heterocycles. The summed E-state index contributed by atoms with van der Waals surface area (Å²) >= 11 is 0. The quantitative estimate of drug-likeness (QED) is 0.568. The van der Waals surface area contributed by atoms with E-state index in [2.05, 4.69) is 69.9 Å². The van der Waals surface area contributed by atoms with Crippen molar-refractivity contribution in [3.8, 4) is 17.2 Å². The van der Waals surface area contributed by atoms with Crippen molar-refractivity contribution in [3.05, 3.63) is 95.6 Å². The van der Waals surface area contributed by atoms with Gasteiger partial charge in [0.05, 0.1) is 26.0 Å². The Labute approximate surface area is 206 Å². The predicted octanol–water partition coefficient (Wildman–Crippen LogP) is 4.99. The van der Waals surface area contributed by atoms with Crippen molar-refractivity contribution in [2.75, 3.05) is 27.3 Å². The molecule has 0 amide bonds. The Kier molecular flexibility index (Phi) is 5.63. The fourth-order valence-electron chi connectivity index (χ4n) is 5.50. The van der Waals surface area contributed by atoms with Gasteiger partial charge in [0.15, 0.2) is 17.2 Å². The highest BCUT2D eigenvalue weighted by atomic mass is 16.5. The van der Waals surface area contributed by atoms with Crippen molar-refractivity contribution in [1.82, 2.24) is 15.3 Å². The molecule has 1 N–H and O–H groups in total. The molecule has 0 unspecified atom stereocenters. The number of hydrogen-bond acceptors (Lipinski definition) is 6. The van der Waals surface area contributed by atoms with Gasteiger partial charge >= 0.3 is 0 Å². The van der Waals surface area contributed by atoms with Crippen molar-refractivity contribution in [3.63, 3.8) is 0 Å². The third kappa shape index (κ3) is 3.93. The minimum absolute atomic E-state index is 0.0617. The second kappa shape index (κ2) is 8.95. The Morgan fingerprint density at radius 3 is 2.40 bits per heavy atom. The van der Waals surface area contributed by atoms with E-state index in [-0.39, 0.29) is 6.04 Å². The molecular formula is C29H31N3O3. The minimum atomic E-state index is -0.454. The predicted molar refractivity (Wildman–Crippen MR) is 136 cm³/mol. The van der Waals surface area contributed by atoms with Crippen LogP contribution in [0.5, 0.6) is 17.2 Å². The zero-order valence-electron chi connectivity index (χ0n) is 20.2. The van der Waals surface area contributed by atoms with Crippen LogP contribution in [0.15, 0.2) is 78.9 Å². The number of benzene rings is 3. The molecule has 6 rings (SSSR count). The van der Waals surface area contributed by atoms with Gasteiger partial charge in [-0.15, -0.1) is 0 Å². The Morgan fingerprint density at radius 2 is 1.69 bits per heavy atom. The summed E-state index contributed by atoms with van der Waals surface area (Å²) in [7, 11) is 3.41. The molecular weight excluding hydrogens is 438 g/mol. The van der Waals surface area contributed by atoms with Gasteiger partial charge in [-0.2, -0.15) is 5.01 Å². The summed E-state index contributed by atoms with van der Waals surface area (Å²) in [6.45, 7) is 2.88. The van der Waals surface area contributed by atoms with Crippen LogP contribution in [0, 0.1) is 0 Å². The number of nitrogens with one attached hydrogen (secondary N) is 1. The van der Waals surface area contributed by atoms with E-state index in [0.717, 1.165) is 66.5 Å². The molecule has 0 bridgehead atoms. The summed E-state index contributed by atoms with van der Waals surface area (Å²) in [5, 5.41) is 2.33. The fraction of sp³-hybridized carbons (Fsp3) is 0.310. The lowest BCUT2D eigenvalue weighted by molar-refractivity contribution is -0.161. The third-order valence-electron chi connectivity index (χ3n) is 7.41. The molecule has 6 heteroatoms. The molecule has 6 nitrogen and oxygen atoms in total. The van der Waals surface area contributed by atoms with Crippen molar-refractivity contribution in [1.29, 1.82) is 0 Å². The first kappa shape index (κ1) is 22.0. The SMILES string of the molecule is COc1ccc(C2=C[C@H]3c4cccc(OC)c4OC4(CCN(Cc5ccccc5)CC4)N3N2)cc1. The smallest absolute Gasteiger partial charge is 0.183 e. The van der Waals surface area contributed by atoms with Gasteiger partial charge in [0, 0.05) is 38.0 Å². The van der Waals surface area contributed by atoms with Gasteiger partial charge < -0.3 is 19.6 Å². The zero-order valence-corrected chi connectivity index (χ0v) is 20.2. The average Bonchev–Trinajstić information content (AvgIpc) is 3.37. The molecule has 1 fully saturated rings. The van der Waals surface area contributed by atoms with E-state index in [1.54, 1.807) is 14.2 Å². The molecule has 3 aliphatic heterocycles. The summed E-state index contributed by atoms with van der Waals surface area (Å²) < 4.78 is 17.9. The number of hydrogen-bond donors (Lipinski definition) is 1. The Morgan fingerprint density at radius 1 is 0.914 bits per heavy atom. The minimum Gasteiger partial charge on any atom is -0.497 e. The van der Waals surface area contributed by atoms with Crippen LogP contribution in [-0.4, -0.2) is 42.9 Å². The number of likely N-dealkylation sites (tertiary alicyclic amines) is 1. The van der Waals surface area contributed by atoms with E-state index in [1.807, 2.05) is 24.3 Å². The molecule has 1 atom stereocenters. The van der Waals surface area contributed by atoms with E-state index in [9.17, 15) is 0 Å². The molecule has 3 aromatic rings. The highest BCUT2D eigenvalue weighted by molar-refractivity contribution is 5.68. The van der Waals surface area contributed by atoms with E-state index < -0.39 is 5.72 Å². The number of rotatable bonds is 5. The Balaban J connectivity index is 1.31. The maximum atomic E-state index is 6.87. The molecule has 1 saturated heterocycles. The second-order valence-electron chi connectivity index (χ2n) is 9.42. The van der Waals surface area contributed by atoms with Gasteiger partial charge in [-0.1, -0.05) is 42.5 Å². The Hall–Kier alpha value is -3.48. The fourth-order valence-corrected chi connectivity index (χ4v) is 5.50. The molecule has 3 aromatic carbocycles. The normalized spacial score (nSPS) is 20.9. The van der Waals surface area contributed by atoms with Crippen LogP contribution in [0.3, 0.4) is 0 Å². The lowest BCUT2D eigenvalue weighted by Crippen LogP contribution is -2.63. The molecule has 0 radical (unpaired) electrons. The van der Waals surface area contributed by atoms with Crippen LogP contribution in [0.1, 0.15) is 35.6 Å². The Bertz CT molecular complexity index is 1220. The molecule has 180 valence electrons. The maximum absolute atomic E-state index is 6.87. The monoisotopic (exact) mass is 469 g/mol. The van der Waals surface area contributed by atoms with Crippen molar-refractivity contribution in [2.24, 2.45) is 0 Å². The number of hydrazine groups is 1. The molecule has 0 saturated carbocycles. The number of nitrogens with zero attached hydrogens (tertiary/aromatic N) is 2. The van der Waals surface area contributed by atoms with Gasteiger partial charge in [0.25, 0.3) is 0 Å². The van der Waals surface area contributed by atoms with Crippen molar-refractivity contribution >= 4 is 5.70 Å². The number of ether oxygens (including phenoxy) is 3. The molecule has 0 aliphatic carbocycles. The van der Waals surface area contributed by atoms with Crippen LogP contribution in [0.4, 0.5) is 0 Å². The van der Waals surface area contributed by atoms with E-state index in [1.165, 1.54) is 5.56 Å². The van der Waals surface area contributed by atoms with Gasteiger partial charge in [-0.05, 0) is 47.5 Å². The third-order valence-corrected chi connectivity index (χ3v) is 7.41. The number of para-hydroxylation sites is 1. The van der Waals surface area contributed by atoms with Gasteiger partial charge in [-0.3, -0.25) is 4.90 Å². The summed E-state index contributed by atoms with van der Waals surface area (Å²) in [4.78, 5) is 2.52.